The lowest BCUT2D eigenvalue weighted by molar-refractivity contribution is -0.107. The molecule has 1 aromatic carbocycles. The molecule has 0 N–H and O–H groups in total. The zero-order chi connectivity index (χ0) is 10.6. The second kappa shape index (κ2) is 4.80. The molecule has 0 amide bonds. The number of carbonyl (C=O) groups excluding carboxylic acids is 1. The Morgan fingerprint density at radius 3 is 2.29 bits per heavy atom. The highest BCUT2D eigenvalue weighted by atomic mass is 16.5. The molecule has 0 saturated carbocycles. The van der Waals surface area contributed by atoms with Crippen LogP contribution in [0.3, 0.4) is 0 Å². The average Bonchev–Trinajstić information content (AvgIpc) is 2.12. The number of aryl methyl sites for hydroxylation is 2. The van der Waals surface area contributed by atoms with E-state index in [2.05, 4.69) is 0 Å². The van der Waals surface area contributed by atoms with Crippen molar-refractivity contribution in [1.82, 2.24) is 0 Å². The monoisotopic (exact) mass is 192 g/mol. The van der Waals surface area contributed by atoms with Crippen LogP contribution in [0.4, 0.5) is 0 Å². The summed E-state index contributed by atoms with van der Waals surface area (Å²) in [5.41, 5.74) is 3.37. The molecule has 0 atom stereocenters. The van der Waals surface area contributed by atoms with Crippen molar-refractivity contribution in [3.05, 3.63) is 28.8 Å². The highest BCUT2D eigenvalue weighted by Crippen LogP contribution is 2.21. The van der Waals surface area contributed by atoms with E-state index in [4.69, 9.17) is 4.74 Å². The highest BCUT2D eigenvalue weighted by Gasteiger charge is 2.04. The van der Waals surface area contributed by atoms with Gasteiger partial charge in [0.2, 0.25) is 0 Å². The normalized spacial score (nSPS) is 9.93. The fraction of sp³-hybridized carbons (Fsp3) is 0.417. The molecule has 0 aliphatic heterocycles. The van der Waals surface area contributed by atoms with Crippen LogP contribution in [0.25, 0.3) is 0 Å². The van der Waals surface area contributed by atoms with Crippen molar-refractivity contribution >= 4 is 6.29 Å². The van der Waals surface area contributed by atoms with Crippen LogP contribution in [-0.4, -0.2) is 12.9 Å². The number of hydrogen-bond donors (Lipinski definition) is 0. The molecule has 2 nitrogen and oxygen atoms in total. The molecular formula is C12H16O2. The van der Waals surface area contributed by atoms with Gasteiger partial charge in [-0.25, -0.2) is 0 Å². The molecule has 0 spiro atoms. The Balaban J connectivity index is 3.04. The van der Waals surface area contributed by atoms with Gasteiger partial charge in [-0.15, -0.1) is 0 Å². The van der Waals surface area contributed by atoms with E-state index in [1.165, 1.54) is 0 Å². The van der Waals surface area contributed by atoms with Gasteiger partial charge in [-0.05, 0) is 49.6 Å². The maximum atomic E-state index is 10.5. The molecular weight excluding hydrogens is 176 g/mol. The predicted octanol–water partition coefficient (Wildman–Crippen LogP) is 2.44. The Labute approximate surface area is 84.9 Å². The summed E-state index contributed by atoms with van der Waals surface area (Å²) in [6, 6.07) is 3.96. The average molecular weight is 192 g/mol. The van der Waals surface area contributed by atoms with Crippen molar-refractivity contribution < 1.29 is 9.53 Å². The first kappa shape index (κ1) is 10.8. The number of hydrogen-bond acceptors (Lipinski definition) is 2. The molecule has 1 aromatic rings. The topological polar surface area (TPSA) is 26.3 Å². The smallest absolute Gasteiger partial charge is 0.124 e. The number of carbonyl (C=O) groups is 1. The molecule has 0 unspecified atom stereocenters. The van der Waals surface area contributed by atoms with E-state index >= 15 is 0 Å². The van der Waals surface area contributed by atoms with E-state index in [-0.39, 0.29) is 0 Å². The minimum Gasteiger partial charge on any atom is -0.494 e. The zero-order valence-corrected chi connectivity index (χ0v) is 8.96. The van der Waals surface area contributed by atoms with Gasteiger partial charge in [-0.2, -0.15) is 0 Å². The van der Waals surface area contributed by atoms with E-state index < -0.39 is 0 Å². The van der Waals surface area contributed by atoms with E-state index in [0.29, 0.717) is 13.0 Å². The van der Waals surface area contributed by atoms with Crippen molar-refractivity contribution in [3.8, 4) is 5.75 Å². The van der Waals surface area contributed by atoms with Crippen molar-refractivity contribution in [1.29, 1.82) is 0 Å². The van der Waals surface area contributed by atoms with Gasteiger partial charge < -0.3 is 9.53 Å². The molecule has 0 bridgehead atoms. The molecule has 1 rings (SSSR count). The molecule has 0 fully saturated rings. The summed E-state index contributed by atoms with van der Waals surface area (Å²) in [4.78, 5) is 10.5. The summed E-state index contributed by atoms with van der Waals surface area (Å²) in [5.74, 6) is 0.886. The molecule has 14 heavy (non-hydrogen) atoms. The summed E-state index contributed by atoms with van der Waals surface area (Å²) >= 11 is 0. The first-order valence-electron chi connectivity index (χ1n) is 4.85. The number of rotatable bonds is 4. The third-order valence-electron chi connectivity index (χ3n) is 2.27. The summed E-state index contributed by atoms with van der Waals surface area (Å²) in [7, 11) is 0. The number of benzene rings is 1. The van der Waals surface area contributed by atoms with Crippen molar-refractivity contribution in [2.24, 2.45) is 0 Å². The zero-order valence-electron chi connectivity index (χ0n) is 8.96. The first-order chi connectivity index (χ1) is 6.69. The van der Waals surface area contributed by atoms with Gasteiger partial charge in [0.25, 0.3) is 0 Å². The quantitative estimate of drug-likeness (QED) is 0.685. The lowest BCUT2D eigenvalue weighted by Crippen LogP contribution is -1.98. The van der Waals surface area contributed by atoms with Crippen molar-refractivity contribution in [2.45, 2.75) is 27.2 Å². The Morgan fingerprint density at radius 2 is 1.86 bits per heavy atom. The summed E-state index contributed by atoms with van der Waals surface area (Å²) in [5, 5.41) is 0. The maximum Gasteiger partial charge on any atom is 0.124 e. The van der Waals surface area contributed by atoms with Gasteiger partial charge in [-0.3, -0.25) is 0 Å². The Morgan fingerprint density at radius 1 is 1.29 bits per heavy atom. The fourth-order valence-electron chi connectivity index (χ4n) is 1.61. The molecule has 0 saturated heterocycles. The molecule has 2 heteroatoms. The van der Waals surface area contributed by atoms with Gasteiger partial charge in [0.1, 0.15) is 12.0 Å². The van der Waals surface area contributed by atoms with Crippen LogP contribution < -0.4 is 4.74 Å². The Hall–Kier alpha value is -1.31. The molecule has 0 radical (unpaired) electrons. The molecule has 0 aromatic heterocycles. The Kier molecular flexibility index (Phi) is 3.69. The predicted molar refractivity (Wildman–Crippen MR) is 56.9 cm³/mol. The Bertz CT molecular complexity index is 306. The molecule has 0 aliphatic carbocycles. The third-order valence-corrected chi connectivity index (χ3v) is 2.27. The summed E-state index contributed by atoms with van der Waals surface area (Å²) < 4.78 is 5.41. The van der Waals surface area contributed by atoms with Crippen LogP contribution in [0.5, 0.6) is 5.75 Å². The standard InChI is InChI=1S/C12H16O2/c1-4-14-11-7-9(2)12(5-6-13)10(3)8-11/h6-8H,4-5H2,1-3H3. The van der Waals surface area contributed by atoms with Gasteiger partial charge in [0.05, 0.1) is 6.61 Å². The van der Waals surface area contributed by atoms with E-state index in [1.807, 2.05) is 32.9 Å². The second-order valence-electron chi connectivity index (χ2n) is 3.34. The number of ether oxygens (including phenoxy) is 1. The SMILES string of the molecule is CCOc1cc(C)c(CC=O)c(C)c1. The van der Waals surface area contributed by atoms with Gasteiger partial charge >= 0.3 is 0 Å². The number of aldehydes is 1. The lowest BCUT2D eigenvalue weighted by Gasteiger charge is -2.10. The van der Waals surface area contributed by atoms with Gasteiger partial charge in [0.15, 0.2) is 0 Å². The molecule has 0 heterocycles. The van der Waals surface area contributed by atoms with Crippen LogP contribution in [0.2, 0.25) is 0 Å². The maximum absolute atomic E-state index is 10.5. The highest BCUT2D eigenvalue weighted by molar-refractivity contribution is 5.58. The second-order valence-corrected chi connectivity index (χ2v) is 3.34. The van der Waals surface area contributed by atoms with Crippen LogP contribution in [-0.2, 0) is 11.2 Å². The summed E-state index contributed by atoms with van der Waals surface area (Å²) in [6.45, 7) is 6.65. The van der Waals surface area contributed by atoms with Gasteiger partial charge in [0, 0.05) is 6.42 Å². The summed E-state index contributed by atoms with van der Waals surface area (Å²) in [6.07, 6.45) is 1.43. The van der Waals surface area contributed by atoms with E-state index in [9.17, 15) is 4.79 Å². The van der Waals surface area contributed by atoms with E-state index in [1.54, 1.807) is 0 Å². The van der Waals surface area contributed by atoms with Gasteiger partial charge in [-0.1, -0.05) is 0 Å². The van der Waals surface area contributed by atoms with Crippen LogP contribution >= 0.6 is 0 Å². The first-order valence-corrected chi connectivity index (χ1v) is 4.85. The molecule has 0 aliphatic rings. The minimum atomic E-state index is 0.490. The van der Waals surface area contributed by atoms with Crippen LogP contribution in [0.15, 0.2) is 12.1 Å². The minimum absolute atomic E-state index is 0.490. The molecule has 76 valence electrons. The third kappa shape index (κ3) is 2.34. The van der Waals surface area contributed by atoms with Crippen LogP contribution in [0, 0.1) is 13.8 Å². The van der Waals surface area contributed by atoms with Crippen LogP contribution in [0.1, 0.15) is 23.6 Å². The lowest BCUT2D eigenvalue weighted by atomic mass is 10.0. The van der Waals surface area contributed by atoms with Crippen molar-refractivity contribution in [2.75, 3.05) is 6.61 Å². The fourth-order valence-corrected chi connectivity index (χ4v) is 1.61. The van der Waals surface area contributed by atoms with Crippen molar-refractivity contribution in [3.63, 3.8) is 0 Å². The largest absolute Gasteiger partial charge is 0.494 e. The van der Waals surface area contributed by atoms with E-state index in [0.717, 1.165) is 28.7 Å².